The Hall–Kier alpha value is -2.48. The fraction of sp³-hybridized carbons (Fsp3) is 0.600. The monoisotopic (exact) mass is 390 g/mol. The van der Waals surface area contributed by atoms with Crippen LogP contribution < -0.4 is 9.47 Å². The first-order chi connectivity index (χ1) is 13.7. The predicted octanol–water partition coefficient (Wildman–Crippen LogP) is 3.54. The highest BCUT2D eigenvalue weighted by molar-refractivity contribution is 5.88. The smallest absolute Gasteiger partial charge is 0.407 e. The van der Waals surface area contributed by atoms with Crippen molar-refractivity contribution in [3.63, 3.8) is 0 Å². The summed E-state index contributed by atoms with van der Waals surface area (Å²) in [7, 11) is 1.72. The number of carbonyl (C=O) groups is 1. The second kappa shape index (κ2) is 8.26. The number of nitrogens with zero attached hydrogens (tertiary/aromatic N) is 2. The summed E-state index contributed by atoms with van der Waals surface area (Å²) in [5.74, 6) is 1.42. The van der Waals surface area contributed by atoms with E-state index in [2.05, 4.69) is 5.16 Å². The molecule has 4 rings (SSSR count). The molecule has 2 atom stereocenters. The zero-order valence-corrected chi connectivity index (χ0v) is 16.0. The van der Waals surface area contributed by atoms with Crippen LogP contribution in [-0.2, 0) is 4.74 Å². The quantitative estimate of drug-likeness (QED) is 0.806. The van der Waals surface area contributed by atoms with Gasteiger partial charge in [0.05, 0.1) is 12.7 Å². The molecule has 2 heterocycles. The topological polar surface area (TPSA) is 94.3 Å². The standard InChI is InChI=1S/C20H26N2O6/c1-25-14-4-2-5-15(14)27-16-6-3-7-17-18(16)19(21-28-17)26-12-13-8-10-22(11-9-13)20(23)24/h3,6-7,13-15H,2,4-5,8-12H2,1H3,(H,23,24)/t14-,15-/m1/s1. The summed E-state index contributed by atoms with van der Waals surface area (Å²) in [6, 6.07) is 5.63. The third kappa shape index (κ3) is 3.87. The summed E-state index contributed by atoms with van der Waals surface area (Å²) in [6.45, 7) is 1.56. The van der Waals surface area contributed by atoms with Crippen molar-refractivity contribution < 1.29 is 28.6 Å². The van der Waals surface area contributed by atoms with Crippen molar-refractivity contribution in [2.45, 2.75) is 44.3 Å². The number of methoxy groups -OCH3 is 1. The number of benzene rings is 1. The van der Waals surface area contributed by atoms with E-state index in [9.17, 15) is 4.79 Å². The van der Waals surface area contributed by atoms with Crippen molar-refractivity contribution in [3.05, 3.63) is 18.2 Å². The van der Waals surface area contributed by atoms with Gasteiger partial charge in [-0.3, -0.25) is 0 Å². The second-order valence-corrected chi connectivity index (χ2v) is 7.50. The van der Waals surface area contributed by atoms with E-state index in [1.165, 1.54) is 4.90 Å². The molecule has 2 aliphatic rings. The van der Waals surface area contributed by atoms with E-state index in [-0.39, 0.29) is 12.2 Å². The van der Waals surface area contributed by atoms with E-state index in [4.69, 9.17) is 23.8 Å². The average molecular weight is 390 g/mol. The number of piperidine rings is 1. The molecule has 0 radical (unpaired) electrons. The molecule has 1 aromatic carbocycles. The molecule has 0 bridgehead atoms. The Balaban J connectivity index is 1.44. The van der Waals surface area contributed by atoms with Crippen molar-refractivity contribution in [1.82, 2.24) is 10.1 Å². The maximum Gasteiger partial charge on any atom is 0.407 e. The Morgan fingerprint density at radius 1 is 1.25 bits per heavy atom. The fourth-order valence-electron chi connectivity index (χ4n) is 4.08. The SMILES string of the molecule is CO[C@@H]1CCC[C@H]1Oc1cccc2onc(OCC3CCN(C(=O)O)CC3)c12. The molecule has 8 heteroatoms. The van der Waals surface area contributed by atoms with E-state index in [1.807, 2.05) is 18.2 Å². The minimum atomic E-state index is -0.857. The lowest BCUT2D eigenvalue weighted by Crippen LogP contribution is -2.38. The molecule has 8 nitrogen and oxygen atoms in total. The van der Waals surface area contributed by atoms with Crippen LogP contribution in [0.3, 0.4) is 0 Å². The molecule has 2 aromatic rings. The Labute approximate surface area is 163 Å². The zero-order chi connectivity index (χ0) is 19.5. The number of hydrogen-bond acceptors (Lipinski definition) is 6. The summed E-state index contributed by atoms with van der Waals surface area (Å²) >= 11 is 0. The van der Waals surface area contributed by atoms with Crippen LogP contribution in [0.15, 0.2) is 22.7 Å². The normalized spacial score (nSPS) is 23.2. The second-order valence-electron chi connectivity index (χ2n) is 7.50. The van der Waals surface area contributed by atoms with E-state index < -0.39 is 6.09 Å². The van der Waals surface area contributed by atoms with Crippen LogP contribution in [-0.4, -0.2) is 60.3 Å². The Morgan fingerprint density at radius 3 is 2.79 bits per heavy atom. The third-order valence-electron chi connectivity index (χ3n) is 5.74. The highest BCUT2D eigenvalue weighted by Crippen LogP contribution is 2.37. The summed E-state index contributed by atoms with van der Waals surface area (Å²) < 4.78 is 23.2. The molecule has 0 unspecified atom stereocenters. The molecule has 1 saturated carbocycles. The number of ether oxygens (including phenoxy) is 3. The van der Waals surface area contributed by atoms with Crippen molar-refractivity contribution in [2.75, 3.05) is 26.8 Å². The highest BCUT2D eigenvalue weighted by Gasteiger charge is 2.30. The lowest BCUT2D eigenvalue weighted by atomic mass is 9.98. The van der Waals surface area contributed by atoms with Gasteiger partial charge in [-0.15, -0.1) is 0 Å². The summed E-state index contributed by atoms with van der Waals surface area (Å²) in [5.41, 5.74) is 0.625. The van der Waals surface area contributed by atoms with Crippen LogP contribution >= 0.6 is 0 Å². The van der Waals surface area contributed by atoms with Crippen LogP contribution in [0.25, 0.3) is 11.0 Å². The van der Waals surface area contributed by atoms with Crippen LogP contribution in [0, 0.1) is 5.92 Å². The minimum absolute atomic E-state index is 0.0127. The maximum atomic E-state index is 11.0. The van der Waals surface area contributed by atoms with Crippen molar-refractivity contribution in [3.8, 4) is 11.6 Å². The van der Waals surface area contributed by atoms with E-state index in [0.29, 0.717) is 42.8 Å². The number of rotatable bonds is 6. The van der Waals surface area contributed by atoms with Crippen molar-refractivity contribution in [2.24, 2.45) is 5.92 Å². The number of likely N-dealkylation sites (tertiary alicyclic amines) is 1. The fourth-order valence-corrected chi connectivity index (χ4v) is 4.08. The van der Waals surface area contributed by atoms with Gasteiger partial charge >= 0.3 is 6.09 Å². The first kappa shape index (κ1) is 18.9. The molecule has 1 saturated heterocycles. The molecular formula is C20H26N2O6. The molecule has 1 aliphatic heterocycles. The van der Waals surface area contributed by atoms with Gasteiger partial charge in [-0.05, 0) is 55.3 Å². The number of fused-ring (bicyclic) bond motifs is 1. The lowest BCUT2D eigenvalue weighted by Gasteiger charge is -2.29. The number of amides is 1. The van der Waals surface area contributed by atoms with Crippen LogP contribution in [0.2, 0.25) is 0 Å². The van der Waals surface area contributed by atoms with Gasteiger partial charge in [0, 0.05) is 20.2 Å². The first-order valence-corrected chi connectivity index (χ1v) is 9.84. The average Bonchev–Trinajstić information content (AvgIpc) is 3.33. The summed E-state index contributed by atoms with van der Waals surface area (Å²) in [6.07, 6.45) is 3.85. The van der Waals surface area contributed by atoms with Gasteiger partial charge in [0.1, 0.15) is 17.2 Å². The molecule has 1 amide bonds. The van der Waals surface area contributed by atoms with Crippen LogP contribution in [0.1, 0.15) is 32.1 Å². The Kier molecular flexibility index (Phi) is 5.57. The van der Waals surface area contributed by atoms with Crippen molar-refractivity contribution in [1.29, 1.82) is 0 Å². The minimum Gasteiger partial charge on any atom is -0.487 e. The molecule has 2 fully saturated rings. The third-order valence-corrected chi connectivity index (χ3v) is 5.74. The first-order valence-electron chi connectivity index (χ1n) is 9.84. The number of carboxylic acid groups (broad SMARTS) is 1. The Morgan fingerprint density at radius 2 is 2.04 bits per heavy atom. The zero-order valence-electron chi connectivity index (χ0n) is 16.0. The van der Waals surface area contributed by atoms with Crippen molar-refractivity contribution >= 4 is 17.1 Å². The van der Waals surface area contributed by atoms with E-state index in [1.54, 1.807) is 7.11 Å². The number of aromatic nitrogens is 1. The highest BCUT2D eigenvalue weighted by atomic mass is 16.5. The summed E-state index contributed by atoms with van der Waals surface area (Å²) in [4.78, 5) is 12.5. The van der Waals surface area contributed by atoms with Crippen LogP contribution in [0.5, 0.6) is 11.6 Å². The van der Waals surface area contributed by atoms with E-state index in [0.717, 1.165) is 37.5 Å². The molecule has 1 N–H and O–H groups in total. The molecule has 28 heavy (non-hydrogen) atoms. The molecular weight excluding hydrogens is 364 g/mol. The molecule has 1 aliphatic carbocycles. The van der Waals surface area contributed by atoms with E-state index >= 15 is 0 Å². The predicted molar refractivity (Wildman–Crippen MR) is 101 cm³/mol. The van der Waals surface area contributed by atoms with Gasteiger partial charge in [0.2, 0.25) is 0 Å². The maximum absolute atomic E-state index is 11.0. The largest absolute Gasteiger partial charge is 0.487 e. The number of hydrogen-bond donors (Lipinski definition) is 1. The van der Waals surface area contributed by atoms with Gasteiger partial charge < -0.3 is 28.7 Å². The van der Waals surface area contributed by atoms with Gasteiger partial charge in [0.15, 0.2) is 5.58 Å². The van der Waals surface area contributed by atoms with Gasteiger partial charge in [-0.25, -0.2) is 4.79 Å². The van der Waals surface area contributed by atoms with Gasteiger partial charge in [-0.2, -0.15) is 0 Å². The Bertz CT molecular complexity index is 814. The van der Waals surface area contributed by atoms with Crippen LogP contribution in [0.4, 0.5) is 4.79 Å². The molecule has 152 valence electrons. The van der Waals surface area contributed by atoms with Gasteiger partial charge in [-0.1, -0.05) is 6.07 Å². The lowest BCUT2D eigenvalue weighted by molar-refractivity contribution is 0.0235. The van der Waals surface area contributed by atoms with Gasteiger partial charge in [0.25, 0.3) is 5.88 Å². The molecule has 0 spiro atoms. The summed E-state index contributed by atoms with van der Waals surface area (Å²) in [5, 5.41) is 13.9. The molecule has 1 aromatic heterocycles.